The summed E-state index contributed by atoms with van der Waals surface area (Å²) in [5, 5.41) is 13.6. The van der Waals surface area contributed by atoms with E-state index in [1.165, 1.54) is 11.3 Å². The molecule has 1 atom stereocenters. The van der Waals surface area contributed by atoms with Crippen LogP contribution >= 0.6 is 11.8 Å². The average Bonchev–Trinajstić information content (AvgIpc) is 2.48. The molecule has 0 amide bonds. The molecule has 0 aliphatic carbocycles. The minimum Gasteiger partial charge on any atom is -0.394 e. The highest BCUT2D eigenvalue weighted by Gasteiger charge is 2.30. The van der Waals surface area contributed by atoms with Crippen molar-refractivity contribution in [1.29, 1.82) is 0 Å². The summed E-state index contributed by atoms with van der Waals surface area (Å²) in [6.07, 6.45) is 2.04. The van der Waals surface area contributed by atoms with Gasteiger partial charge in [0.2, 0.25) is 0 Å². The van der Waals surface area contributed by atoms with Crippen molar-refractivity contribution in [1.82, 2.24) is 5.32 Å². The van der Waals surface area contributed by atoms with Crippen LogP contribution in [-0.4, -0.2) is 29.8 Å². The first-order valence-electron chi connectivity index (χ1n) is 7.63. The van der Waals surface area contributed by atoms with Gasteiger partial charge in [0.15, 0.2) is 0 Å². The van der Waals surface area contributed by atoms with E-state index in [1.807, 2.05) is 17.8 Å². The van der Waals surface area contributed by atoms with Gasteiger partial charge in [-0.05, 0) is 42.4 Å². The summed E-state index contributed by atoms with van der Waals surface area (Å²) in [6, 6.07) is 10.4. The van der Waals surface area contributed by atoms with Gasteiger partial charge in [-0.25, -0.2) is 0 Å². The van der Waals surface area contributed by atoms with Gasteiger partial charge in [0.25, 0.3) is 0 Å². The van der Waals surface area contributed by atoms with Gasteiger partial charge >= 0.3 is 0 Å². The maximum atomic E-state index is 9.99. The number of thioether (sulfide) groups is 1. The average molecular weight is 295 g/mol. The predicted molar refractivity (Wildman–Crippen MR) is 90.3 cm³/mol. The lowest BCUT2D eigenvalue weighted by atomic mass is 9.88. The molecule has 3 heteroatoms. The number of rotatable bonds is 10. The topological polar surface area (TPSA) is 32.3 Å². The molecule has 0 radical (unpaired) electrons. The largest absolute Gasteiger partial charge is 0.394 e. The van der Waals surface area contributed by atoms with Crippen molar-refractivity contribution in [2.45, 2.75) is 39.2 Å². The van der Waals surface area contributed by atoms with Crippen molar-refractivity contribution < 1.29 is 5.11 Å². The molecule has 0 spiro atoms. The van der Waals surface area contributed by atoms with E-state index >= 15 is 0 Å². The van der Waals surface area contributed by atoms with Gasteiger partial charge < -0.3 is 10.4 Å². The molecule has 0 saturated heterocycles. The molecule has 0 aromatic heterocycles. The molecule has 0 fully saturated rings. The summed E-state index contributed by atoms with van der Waals surface area (Å²) in [4.78, 5) is 0. The van der Waals surface area contributed by atoms with Crippen molar-refractivity contribution in [3.8, 4) is 0 Å². The first-order chi connectivity index (χ1) is 9.64. The van der Waals surface area contributed by atoms with Crippen LogP contribution in [0.15, 0.2) is 30.3 Å². The van der Waals surface area contributed by atoms with Gasteiger partial charge in [-0.2, -0.15) is 11.8 Å². The van der Waals surface area contributed by atoms with Crippen molar-refractivity contribution >= 4 is 11.8 Å². The van der Waals surface area contributed by atoms with E-state index < -0.39 is 0 Å². The van der Waals surface area contributed by atoms with Crippen LogP contribution in [0.2, 0.25) is 0 Å². The molecule has 0 saturated carbocycles. The fraction of sp³-hybridized carbons (Fsp3) is 0.647. The Morgan fingerprint density at radius 1 is 1.25 bits per heavy atom. The normalized spacial score (nSPS) is 14.4. The van der Waals surface area contributed by atoms with Crippen LogP contribution in [0, 0.1) is 5.92 Å². The molecule has 114 valence electrons. The van der Waals surface area contributed by atoms with Crippen molar-refractivity contribution in [3.63, 3.8) is 0 Å². The molecule has 20 heavy (non-hydrogen) atoms. The zero-order valence-electron chi connectivity index (χ0n) is 13.1. The van der Waals surface area contributed by atoms with E-state index in [0.29, 0.717) is 0 Å². The Labute approximate surface area is 128 Å². The fourth-order valence-corrected chi connectivity index (χ4v) is 3.38. The number of hydrogen-bond acceptors (Lipinski definition) is 3. The summed E-state index contributed by atoms with van der Waals surface area (Å²) >= 11 is 1.98. The maximum absolute atomic E-state index is 9.99. The Morgan fingerprint density at radius 3 is 2.50 bits per heavy atom. The highest BCUT2D eigenvalue weighted by molar-refractivity contribution is 7.99. The molecule has 1 aromatic carbocycles. The Balaban J connectivity index is 2.72. The SMILES string of the molecule is CCCNC(CO)(CCSCC(C)C)c1ccccc1. The lowest BCUT2D eigenvalue weighted by Crippen LogP contribution is -2.46. The van der Waals surface area contributed by atoms with Crippen molar-refractivity contribution in [3.05, 3.63) is 35.9 Å². The number of aliphatic hydroxyl groups excluding tert-OH is 1. The first kappa shape index (κ1) is 17.5. The lowest BCUT2D eigenvalue weighted by molar-refractivity contribution is 0.157. The van der Waals surface area contributed by atoms with Crippen LogP contribution in [0.3, 0.4) is 0 Å². The van der Waals surface area contributed by atoms with Crippen LogP contribution in [0.5, 0.6) is 0 Å². The van der Waals surface area contributed by atoms with E-state index in [4.69, 9.17) is 0 Å². The third-order valence-corrected chi connectivity index (χ3v) is 4.83. The molecular weight excluding hydrogens is 266 g/mol. The Kier molecular flexibility index (Phi) is 8.27. The van der Waals surface area contributed by atoms with Crippen LogP contribution in [-0.2, 0) is 5.54 Å². The molecule has 0 aliphatic heterocycles. The molecule has 0 aliphatic rings. The second-order valence-electron chi connectivity index (χ2n) is 5.75. The third-order valence-electron chi connectivity index (χ3n) is 3.43. The molecule has 2 nitrogen and oxygen atoms in total. The first-order valence-corrected chi connectivity index (χ1v) is 8.79. The van der Waals surface area contributed by atoms with Gasteiger partial charge in [-0.1, -0.05) is 51.1 Å². The summed E-state index contributed by atoms with van der Waals surface area (Å²) < 4.78 is 0. The standard InChI is InChI=1S/C17H29NOS/c1-4-11-18-17(14-19,10-12-20-13-15(2)3)16-8-6-5-7-9-16/h5-9,15,18-19H,4,10-14H2,1-3H3. The van der Waals surface area contributed by atoms with E-state index in [-0.39, 0.29) is 12.1 Å². The van der Waals surface area contributed by atoms with Gasteiger partial charge in [0.1, 0.15) is 0 Å². The van der Waals surface area contributed by atoms with Crippen LogP contribution < -0.4 is 5.32 Å². The molecule has 0 heterocycles. The zero-order valence-corrected chi connectivity index (χ0v) is 13.9. The van der Waals surface area contributed by atoms with Gasteiger partial charge in [0, 0.05) is 0 Å². The summed E-state index contributed by atoms with van der Waals surface area (Å²) in [5.74, 6) is 2.98. The monoisotopic (exact) mass is 295 g/mol. The smallest absolute Gasteiger partial charge is 0.0677 e. The Hall–Kier alpha value is -0.510. The van der Waals surface area contributed by atoms with Gasteiger partial charge in [0.05, 0.1) is 12.1 Å². The quantitative estimate of drug-likeness (QED) is 0.646. The lowest BCUT2D eigenvalue weighted by Gasteiger charge is -2.34. The third kappa shape index (κ3) is 5.47. The predicted octanol–water partition coefficient (Wildman–Crippen LogP) is 3.65. The van der Waals surface area contributed by atoms with E-state index in [9.17, 15) is 5.11 Å². The van der Waals surface area contributed by atoms with Crippen molar-refractivity contribution in [2.24, 2.45) is 5.92 Å². The van der Waals surface area contributed by atoms with Gasteiger partial charge in [-0.3, -0.25) is 0 Å². The van der Waals surface area contributed by atoms with E-state index in [1.54, 1.807) is 0 Å². The second-order valence-corrected chi connectivity index (χ2v) is 6.90. The molecule has 1 aromatic rings. The van der Waals surface area contributed by atoms with Crippen LogP contribution in [0.1, 0.15) is 39.2 Å². The van der Waals surface area contributed by atoms with Crippen LogP contribution in [0.4, 0.5) is 0 Å². The minimum absolute atomic E-state index is 0.152. The van der Waals surface area contributed by atoms with E-state index in [0.717, 1.165) is 31.1 Å². The number of benzene rings is 1. The second kappa shape index (κ2) is 9.43. The molecule has 1 unspecified atom stereocenters. The van der Waals surface area contributed by atoms with E-state index in [2.05, 4.69) is 50.4 Å². The van der Waals surface area contributed by atoms with Crippen molar-refractivity contribution in [2.75, 3.05) is 24.7 Å². The van der Waals surface area contributed by atoms with Gasteiger partial charge in [-0.15, -0.1) is 0 Å². The zero-order chi connectivity index (χ0) is 14.8. The Bertz CT molecular complexity index is 355. The highest BCUT2D eigenvalue weighted by Crippen LogP contribution is 2.27. The molecule has 2 N–H and O–H groups in total. The molecule has 1 rings (SSSR count). The highest BCUT2D eigenvalue weighted by atomic mass is 32.2. The fourth-order valence-electron chi connectivity index (χ4n) is 2.25. The summed E-state index contributed by atoms with van der Waals surface area (Å²) in [5.41, 5.74) is 0.905. The summed E-state index contributed by atoms with van der Waals surface area (Å²) in [7, 11) is 0. The van der Waals surface area contributed by atoms with Crippen LogP contribution in [0.25, 0.3) is 0 Å². The number of nitrogens with one attached hydrogen (secondary N) is 1. The molecular formula is C17H29NOS. The maximum Gasteiger partial charge on any atom is 0.0677 e. The summed E-state index contributed by atoms with van der Waals surface area (Å²) in [6.45, 7) is 7.74. The number of aliphatic hydroxyl groups is 1. The number of hydrogen-bond donors (Lipinski definition) is 2. The molecule has 0 bridgehead atoms. The Morgan fingerprint density at radius 2 is 1.95 bits per heavy atom. The minimum atomic E-state index is -0.290.